The van der Waals surface area contributed by atoms with Crippen molar-refractivity contribution in [1.82, 2.24) is 19.7 Å². The Bertz CT molecular complexity index is 1180. The fraction of sp³-hybridized carbons (Fsp3) is 0.238. The van der Waals surface area contributed by atoms with E-state index in [1.54, 1.807) is 35.4 Å². The molecule has 10 heteroatoms. The fourth-order valence-electron chi connectivity index (χ4n) is 3.57. The second-order valence-electron chi connectivity index (χ2n) is 7.10. The van der Waals surface area contributed by atoms with E-state index >= 15 is 0 Å². The molecule has 2 unspecified atom stereocenters. The SMILES string of the molecule is CCC(c1ccc(N)nc1)C(C(=O)O)c1cn(Cc2cc(-c3ccc(Cl)s3)on2)cn1. The molecule has 0 aliphatic heterocycles. The van der Waals surface area contributed by atoms with Gasteiger partial charge in [0.15, 0.2) is 5.76 Å². The molecule has 160 valence electrons. The zero-order chi connectivity index (χ0) is 22.0. The first kappa shape index (κ1) is 21.1. The molecule has 0 saturated heterocycles. The summed E-state index contributed by atoms with van der Waals surface area (Å²) in [6, 6.07) is 9.01. The van der Waals surface area contributed by atoms with Crippen LogP contribution in [0, 0.1) is 0 Å². The number of nitrogens with two attached hydrogens (primary N) is 1. The van der Waals surface area contributed by atoms with Crippen LogP contribution in [0.1, 0.15) is 42.1 Å². The van der Waals surface area contributed by atoms with Crippen molar-refractivity contribution in [2.24, 2.45) is 0 Å². The molecule has 2 atom stereocenters. The van der Waals surface area contributed by atoms with Crippen molar-refractivity contribution in [3.8, 4) is 10.6 Å². The van der Waals surface area contributed by atoms with Crippen molar-refractivity contribution < 1.29 is 14.4 Å². The van der Waals surface area contributed by atoms with Crippen LogP contribution >= 0.6 is 22.9 Å². The zero-order valence-corrected chi connectivity index (χ0v) is 18.2. The molecule has 4 heterocycles. The summed E-state index contributed by atoms with van der Waals surface area (Å²) in [6.45, 7) is 2.35. The molecular formula is C21H20ClN5O3S. The van der Waals surface area contributed by atoms with Gasteiger partial charge in [0.1, 0.15) is 17.4 Å². The van der Waals surface area contributed by atoms with Crippen molar-refractivity contribution in [3.63, 3.8) is 0 Å². The van der Waals surface area contributed by atoms with Crippen molar-refractivity contribution in [2.75, 3.05) is 5.73 Å². The number of hydrogen-bond acceptors (Lipinski definition) is 7. The van der Waals surface area contributed by atoms with E-state index in [4.69, 9.17) is 21.9 Å². The smallest absolute Gasteiger partial charge is 0.313 e. The number of anilines is 1. The molecule has 0 aliphatic carbocycles. The van der Waals surface area contributed by atoms with E-state index in [1.807, 2.05) is 25.1 Å². The van der Waals surface area contributed by atoms with Crippen LogP contribution in [0.3, 0.4) is 0 Å². The monoisotopic (exact) mass is 457 g/mol. The highest BCUT2D eigenvalue weighted by Crippen LogP contribution is 2.35. The van der Waals surface area contributed by atoms with Crippen LogP contribution < -0.4 is 5.73 Å². The number of pyridine rings is 1. The van der Waals surface area contributed by atoms with Crippen molar-refractivity contribution >= 4 is 34.7 Å². The Hall–Kier alpha value is -3.17. The highest BCUT2D eigenvalue weighted by Gasteiger charge is 2.32. The van der Waals surface area contributed by atoms with Crippen LogP contribution in [0.15, 0.2) is 53.6 Å². The van der Waals surface area contributed by atoms with Crippen molar-refractivity contribution in [3.05, 3.63) is 70.3 Å². The third-order valence-corrected chi connectivity index (χ3v) is 6.28. The molecule has 0 aliphatic rings. The number of aromatic nitrogens is 4. The third kappa shape index (κ3) is 4.62. The first-order valence-corrected chi connectivity index (χ1v) is 10.8. The van der Waals surface area contributed by atoms with Gasteiger partial charge >= 0.3 is 5.97 Å². The molecule has 3 N–H and O–H groups in total. The largest absolute Gasteiger partial charge is 0.481 e. The van der Waals surface area contributed by atoms with Crippen LogP contribution in [0.5, 0.6) is 0 Å². The molecule has 4 aromatic heterocycles. The van der Waals surface area contributed by atoms with Crippen LogP contribution in [-0.4, -0.2) is 30.8 Å². The number of rotatable bonds is 8. The lowest BCUT2D eigenvalue weighted by atomic mass is 9.83. The average molecular weight is 458 g/mol. The second kappa shape index (κ2) is 8.91. The predicted molar refractivity (Wildman–Crippen MR) is 118 cm³/mol. The van der Waals surface area contributed by atoms with Gasteiger partial charge in [0.05, 0.1) is 27.8 Å². The van der Waals surface area contributed by atoms with Gasteiger partial charge in [-0.2, -0.15) is 0 Å². The van der Waals surface area contributed by atoms with E-state index in [0.29, 0.717) is 40.3 Å². The van der Waals surface area contributed by atoms with E-state index in [2.05, 4.69) is 15.1 Å². The summed E-state index contributed by atoms with van der Waals surface area (Å²) in [7, 11) is 0. The van der Waals surface area contributed by atoms with Gasteiger partial charge in [-0.25, -0.2) is 9.97 Å². The Labute approximate surface area is 187 Å². The van der Waals surface area contributed by atoms with Crippen LogP contribution in [0.2, 0.25) is 4.34 Å². The molecule has 8 nitrogen and oxygen atoms in total. The lowest BCUT2D eigenvalue weighted by molar-refractivity contribution is -0.139. The Kier molecular flexibility index (Phi) is 6.06. The summed E-state index contributed by atoms with van der Waals surface area (Å²) in [5.41, 5.74) is 7.66. The first-order valence-electron chi connectivity index (χ1n) is 9.61. The highest BCUT2D eigenvalue weighted by atomic mass is 35.5. The highest BCUT2D eigenvalue weighted by molar-refractivity contribution is 7.19. The maximum absolute atomic E-state index is 12.1. The van der Waals surface area contributed by atoms with Gasteiger partial charge in [0, 0.05) is 24.4 Å². The van der Waals surface area contributed by atoms with Crippen molar-refractivity contribution in [2.45, 2.75) is 31.7 Å². The zero-order valence-electron chi connectivity index (χ0n) is 16.6. The Morgan fingerprint density at radius 3 is 2.81 bits per heavy atom. The number of halogens is 1. The molecule has 4 aromatic rings. The number of carbonyl (C=O) groups is 1. The molecule has 0 amide bonds. The molecule has 0 radical (unpaired) electrons. The normalized spacial score (nSPS) is 13.2. The van der Waals surface area contributed by atoms with Gasteiger partial charge in [-0.05, 0) is 30.2 Å². The quantitative estimate of drug-likeness (QED) is 0.395. The number of imidazole rings is 1. The average Bonchev–Trinajstić information content (AvgIpc) is 3.48. The number of carboxylic acids is 1. The third-order valence-electron chi connectivity index (χ3n) is 5.04. The summed E-state index contributed by atoms with van der Waals surface area (Å²) in [4.78, 5) is 21.5. The lowest BCUT2D eigenvalue weighted by Crippen LogP contribution is -2.20. The van der Waals surface area contributed by atoms with Gasteiger partial charge in [-0.3, -0.25) is 4.79 Å². The summed E-state index contributed by atoms with van der Waals surface area (Å²) in [5, 5.41) is 14.0. The predicted octanol–water partition coefficient (Wildman–Crippen LogP) is 4.64. The van der Waals surface area contributed by atoms with E-state index in [0.717, 1.165) is 10.4 Å². The molecule has 0 bridgehead atoms. The molecule has 0 aromatic carbocycles. The molecule has 0 spiro atoms. The van der Waals surface area contributed by atoms with Gasteiger partial charge in [0.25, 0.3) is 0 Å². The number of aliphatic carboxylic acids is 1. The minimum Gasteiger partial charge on any atom is -0.481 e. The number of hydrogen-bond donors (Lipinski definition) is 2. The van der Waals surface area contributed by atoms with Gasteiger partial charge in [-0.1, -0.05) is 29.7 Å². The first-order chi connectivity index (χ1) is 14.9. The summed E-state index contributed by atoms with van der Waals surface area (Å²) in [5.74, 6) is -0.995. The summed E-state index contributed by atoms with van der Waals surface area (Å²) < 4.78 is 7.88. The Balaban J connectivity index is 1.55. The van der Waals surface area contributed by atoms with E-state index < -0.39 is 11.9 Å². The van der Waals surface area contributed by atoms with Gasteiger partial charge in [-0.15, -0.1) is 11.3 Å². The van der Waals surface area contributed by atoms with Crippen LogP contribution in [0.4, 0.5) is 5.82 Å². The van der Waals surface area contributed by atoms with E-state index in [-0.39, 0.29) is 5.92 Å². The molecule has 4 rings (SSSR count). The summed E-state index contributed by atoms with van der Waals surface area (Å²) in [6.07, 6.45) is 5.59. The topological polar surface area (TPSA) is 120 Å². The number of carboxylic acid groups (broad SMARTS) is 1. The minimum absolute atomic E-state index is 0.281. The number of thiophene rings is 1. The van der Waals surface area contributed by atoms with Crippen molar-refractivity contribution in [1.29, 1.82) is 0 Å². The molecular weight excluding hydrogens is 438 g/mol. The van der Waals surface area contributed by atoms with Gasteiger partial charge in [0.2, 0.25) is 0 Å². The van der Waals surface area contributed by atoms with E-state index in [9.17, 15) is 9.90 Å². The second-order valence-corrected chi connectivity index (χ2v) is 8.82. The van der Waals surface area contributed by atoms with Crippen LogP contribution in [0.25, 0.3) is 10.6 Å². The van der Waals surface area contributed by atoms with Crippen LogP contribution in [-0.2, 0) is 11.3 Å². The minimum atomic E-state index is -0.938. The lowest BCUT2D eigenvalue weighted by Gasteiger charge is -2.21. The Morgan fingerprint density at radius 2 is 2.16 bits per heavy atom. The molecule has 0 saturated carbocycles. The standard InChI is InChI=1S/C21H20ClN5O3S/c1-2-14(12-3-6-19(23)24-8-12)20(21(28)29)15-10-27(11-25-15)9-13-7-16(30-26-13)17-4-5-18(22)31-17/h3-8,10-11,14,20H,2,9H2,1H3,(H2,23,24)(H,28,29). The maximum Gasteiger partial charge on any atom is 0.313 e. The summed E-state index contributed by atoms with van der Waals surface area (Å²) >= 11 is 7.39. The molecule has 31 heavy (non-hydrogen) atoms. The van der Waals surface area contributed by atoms with E-state index in [1.165, 1.54) is 11.3 Å². The number of nitrogens with zero attached hydrogens (tertiary/aromatic N) is 4. The Morgan fingerprint density at radius 1 is 1.32 bits per heavy atom. The molecule has 0 fully saturated rings. The number of nitrogen functional groups attached to an aromatic ring is 1. The maximum atomic E-state index is 12.1. The fourth-order valence-corrected chi connectivity index (χ4v) is 4.56. The van der Waals surface area contributed by atoms with Gasteiger partial charge < -0.3 is 19.9 Å².